The van der Waals surface area contributed by atoms with E-state index in [2.05, 4.69) is 5.32 Å². The quantitative estimate of drug-likeness (QED) is 0.693. The number of rotatable bonds is 7. The minimum atomic E-state index is -2.92. The molecule has 8 heteroatoms. The number of benzene rings is 2. The fraction of sp³-hybridized carbons (Fsp3) is 0.286. The topological polar surface area (TPSA) is 86.7 Å². The Labute approximate surface area is 168 Å². The SMILES string of the molecule is C[C@@H](C(=O)O)N(C)C(=O)CNC=O.Cc1ccc(C(F)(F)c2ccccc2)cc1. The maximum Gasteiger partial charge on any atom is 0.326 e. The van der Waals surface area contributed by atoms with Crippen LogP contribution in [0.25, 0.3) is 0 Å². The number of likely N-dealkylation sites (N-methyl/N-ethyl adjacent to an activating group) is 1. The van der Waals surface area contributed by atoms with Gasteiger partial charge in [-0.1, -0.05) is 60.2 Å². The van der Waals surface area contributed by atoms with Crippen molar-refractivity contribution in [2.75, 3.05) is 13.6 Å². The lowest BCUT2D eigenvalue weighted by Crippen LogP contribution is -2.44. The van der Waals surface area contributed by atoms with Gasteiger partial charge >= 0.3 is 5.97 Å². The molecule has 0 spiro atoms. The summed E-state index contributed by atoms with van der Waals surface area (Å²) in [5, 5.41) is 10.7. The molecule has 0 radical (unpaired) electrons. The van der Waals surface area contributed by atoms with Gasteiger partial charge in [0.2, 0.25) is 12.3 Å². The van der Waals surface area contributed by atoms with Crippen molar-refractivity contribution < 1.29 is 28.3 Å². The largest absolute Gasteiger partial charge is 0.480 e. The highest BCUT2D eigenvalue weighted by atomic mass is 19.3. The summed E-state index contributed by atoms with van der Waals surface area (Å²) in [5.41, 5.74) is 1.04. The van der Waals surface area contributed by atoms with Crippen LogP contribution in [0.5, 0.6) is 0 Å². The number of hydrogen-bond acceptors (Lipinski definition) is 3. The molecule has 0 bridgehead atoms. The lowest BCUT2D eigenvalue weighted by atomic mass is 10.00. The highest BCUT2D eigenvalue weighted by Gasteiger charge is 2.33. The van der Waals surface area contributed by atoms with Crippen LogP contribution in [-0.2, 0) is 20.3 Å². The standard InChI is InChI=1S/C14H12F2.C7H12N2O4/c1-11-7-9-13(10-8-11)14(15,16)12-5-3-2-4-6-12;1-5(7(12)13)9(2)6(11)3-8-4-10/h2-10H,1H3;4-5H,3H2,1-2H3,(H,8,10)(H,12,13)/t;5-/m.0/s1. The monoisotopic (exact) mass is 406 g/mol. The molecule has 0 aromatic heterocycles. The summed E-state index contributed by atoms with van der Waals surface area (Å²) in [5.74, 6) is -4.45. The van der Waals surface area contributed by atoms with Gasteiger partial charge < -0.3 is 15.3 Å². The predicted molar refractivity (Wildman–Crippen MR) is 105 cm³/mol. The number of carboxylic acid groups (broad SMARTS) is 1. The van der Waals surface area contributed by atoms with Crippen LogP contribution in [0.15, 0.2) is 54.6 Å². The van der Waals surface area contributed by atoms with E-state index in [0.29, 0.717) is 6.41 Å². The zero-order chi connectivity index (χ0) is 22.0. The van der Waals surface area contributed by atoms with Crippen LogP contribution in [0.1, 0.15) is 23.6 Å². The Hall–Kier alpha value is -3.29. The van der Waals surface area contributed by atoms with Gasteiger partial charge in [0.25, 0.3) is 5.92 Å². The molecule has 0 aliphatic heterocycles. The number of alkyl halides is 2. The molecule has 29 heavy (non-hydrogen) atoms. The van der Waals surface area contributed by atoms with Crippen LogP contribution < -0.4 is 5.32 Å². The molecule has 1 atom stereocenters. The second-order valence-electron chi connectivity index (χ2n) is 6.32. The average Bonchev–Trinajstić information content (AvgIpc) is 2.72. The van der Waals surface area contributed by atoms with Gasteiger partial charge in [-0.3, -0.25) is 9.59 Å². The molecule has 2 aromatic carbocycles. The third-order valence-corrected chi connectivity index (χ3v) is 4.22. The number of hydrogen-bond donors (Lipinski definition) is 2. The van der Waals surface area contributed by atoms with Crippen LogP contribution in [0.3, 0.4) is 0 Å². The number of carbonyl (C=O) groups is 3. The van der Waals surface area contributed by atoms with E-state index in [4.69, 9.17) is 5.11 Å². The first kappa shape index (κ1) is 23.7. The molecule has 0 saturated carbocycles. The summed E-state index contributed by atoms with van der Waals surface area (Å²) in [6, 6.07) is 13.3. The summed E-state index contributed by atoms with van der Waals surface area (Å²) in [7, 11) is 1.37. The van der Waals surface area contributed by atoms with Gasteiger partial charge in [0.1, 0.15) is 6.04 Å². The Bertz CT molecular complexity index is 811. The van der Waals surface area contributed by atoms with Crippen molar-refractivity contribution in [2.24, 2.45) is 0 Å². The number of halogens is 2. The van der Waals surface area contributed by atoms with Gasteiger partial charge in [-0.15, -0.1) is 0 Å². The van der Waals surface area contributed by atoms with E-state index in [1.807, 2.05) is 6.92 Å². The molecule has 0 aliphatic carbocycles. The first-order chi connectivity index (χ1) is 13.6. The normalized spacial score (nSPS) is 11.5. The van der Waals surface area contributed by atoms with Crippen molar-refractivity contribution in [2.45, 2.75) is 25.8 Å². The maximum absolute atomic E-state index is 14.0. The Kier molecular flexibility index (Phi) is 8.92. The molecule has 156 valence electrons. The molecule has 0 aliphatic rings. The highest BCUT2D eigenvalue weighted by molar-refractivity contribution is 5.85. The summed E-state index contributed by atoms with van der Waals surface area (Å²) < 4.78 is 28.0. The van der Waals surface area contributed by atoms with E-state index in [1.165, 1.54) is 38.2 Å². The molecular weight excluding hydrogens is 382 g/mol. The minimum Gasteiger partial charge on any atom is -0.480 e. The van der Waals surface area contributed by atoms with Crippen LogP contribution in [0.4, 0.5) is 8.78 Å². The van der Waals surface area contributed by atoms with Crippen molar-refractivity contribution in [1.82, 2.24) is 10.2 Å². The lowest BCUT2D eigenvalue weighted by molar-refractivity contribution is -0.147. The first-order valence-electron chi connectivity index (χ1n) is 8.77. The zero-order valence-corrected chi connectivity index (χ0v) is 16.4. The van der Waals surface area contributed by atoms with E-state index < -0.39 is 23.8 Å². The van der Waals surface area contributed by atoms with Gasteiger partial charge in [-0.25, -0.2) is 4.79 Å². The fourth-order valence-electron chi connectivity index (χ4n) is 2.21. The number of aliphatic carboxylic acids is 1. The van der Waals surface area contributed by atoms with Crippen LogP contribution in [-0.4, -0.2) is 47.9 Å². The Morgan fingerprint density at radius 1 is 1.10 bits per heavy atom. The smallest absolute Gasteiger partial charge is 0.326 e. The van der Waals surface area contributed by atoms with Crippen LogP contribution in [0.2, 0.25) is 0 Å². The number of aryl methyl sites for hydroxylation is 1. The first-order valence-corrected chi connectivity index (χ1v) is 8.77. The molecule has 2 N–H and O–H groups in total. The Morgan fingerprint density at radius 3 is 2.10 bits per heavy atom. The predicted octanol–water partition coefficient (Wildman–Crippen LogP) is 2.80. The van der Waals surface area contributed by atoms with Crippen LogP contribution in [0, 0.1) is 6.92 Å². The van der Waals surface area contributed by atoms with E-state index >= 15 is 0 Å². The molecular formula is C21H24F2N2O4. The van der Waals surface area contributed by atoms with Gasteiger partial charge in [0, 0.05) is 18.2 Å². The van der Waals surface area contributed by atoms with Gasteiger partial charge in [0.15, 0.2) is 0 Å². The second-order valence-corrected chi connectivity index (χ2v) is 6.32. The van der Waals surface area contributed by atoms with Crippen molar-refractivity contribution in [3.8, 4) is 0 Å². The van der Waals surface area contributed by atoms with E-state index in [1.54, 1.807) is 30.3 Å². The molecule has 2 amide bonds. The average molecular weight is 406 g/mol. The third-order valence-electron chi connectivity index (χ3n) is 4.22. The third kappa shape index (κ3) is 6.99. The maximum atomic E-state index is 14.0. The van der Waals surface area contributed by atoms with Gasteiger partial charge in [0.05, 0.1) is 6.54 Å². The zero-order valence-electron chi connectivity index (χ0n) is 16.4. The highest BCUT2D eigenvalue weighted by Crippen LogP contribution is 2.35. The van der Waals surface area contributed by atoms with E-state index in [0.717, 1.165) is 10.5 Å². The fourth-order valence-corrected chi connectivity index (χ4v) is 2.21. The molecule has 2 aromatic rings. The van der Waals surface area contributed by atoms with E-state index in [9.17, 15) is 23.2 Å². The van der Waals surface area contributed by atoms with E-state index in [-0.39, 0.29) is 17.7 Å². The molecule has 0 unspecified atom stereocenters. The molecule has 2 rings (SSSR count). The molecule has 6 nitrogen and oxygen atoms in total. The van der Waals surface area contributed by atoms with Gasteiger partial charge in [-0.05, 0) is 13.8 Å². The Balaban J connectivity index is 0.000000298. The van der Waals surface area contributed by atoms with Crippen molar-refractivity contribution in [1.29, 1.82) is 0 Å². The summed E-state index contributed by atoms with van der Waals surface area (Å²) in [4.78, 5) is 32.4. The summed E-state index contributed by atoms with van der Waals surface area (Å²) >= 11 is 0. The van der Waals surface area contributed by atoms with Crippen LogP contribution >= 0.6 is 0 Å². The van der Waals surface area contributed by atoms with Crippen molar-refractivity contribution in [3.63, 3.8) is 0 Å². The summed E-state index contributed by atoms with van der Waals surface area (Å²) in [6.45, 7) is 3.09. The molecule has 0 saturated heterocycles. The lowest BCUT2D eigenvalue weighted by Gasteiger charge is -2.20. The molecule has 0 heterocycles. The number of amides is 2. The number of carbonyl (C=O) groups excluding carboxylic acids is 2. The molecule has 0 fully saturated rings. The van der Waals surface area contributed by atoms with Crippen molar-refractivity contribution in [3.05, 3.63) is 71.3 Å². The number of nitrogens with zero attached hydrogens (tertiary/aromatic N) is 1. The van der Waals surface area contributed by atoms with Crippen molar-refractivity contribution >= 4 is 18.3 Å². The minimum absolute atomic E-state index is 0.0267. The Morgan fingerprint density at radius 2 is 1.62 bits per heavy atom. The number of nitrogens with one attached hydrogen (secondary N) is 1. The van der Waals surface area contributed by atoms with Gasteiger partial charge in [-0.2, -0.15) is 8.78 Å². The number of carboxylic acids is 1. The second kappa shape index (κ2) is 10.9. The summed E-state index contributed by atoms with van der Waals surface area (Å²) in [6.07, 6.45) is 0.386.